The predicted octanol–water partition coefficient (Wildman–Crippen LogP) is 3.08. The largest absolute Gasteiger partial charge is 0.396 e. The maximum atomic E-state index is 13.2. The number of hydrogen-bond acceptors (Lipinski definition) is 2. The van der Waals surface area contributed by atoms with Gasteiger partial charge in [0.2, 0.25) is 0 Å². The molecule has 2 rings (SSSR count). The van der Waals surface area contributed by atoms with E-state index in [1.807, 2.05) is 20.8 Å². The summed E-state index contributed by atoms with van der Waals surface area (Å²) in [6, 6.07) is 4.48. The zero-order valence-electron chi connectivity index (χ0n) is 14.6. The molecule has 0 saturated heterocycles. The zero-order valence-corrected chi connectivity index (χ0v) is 15.4. The average molecular weight is 356 g/mol. The molecule has 0 aromatic heterocycles. The van der Waals surface area contributed by atoms with Crippen LogP contribution in [-0.2, 0) is 5.41 Å². The zero-order chi connectivity index (χ0) is 17.8. The van der Waals surface area contributed by atoms with E-state index in [9.17, 15) is 9.50 Å². The van der Waals surface area contributed by atoms with Crippen LogP contribution in [0.2, 0.25) is 5.02 Å². The third-order valence-corrected chi connectivity index (χ3v) is 4.87. The molecule has 1 aliphatic rings. The number of aliphatic hydroxyl groups is 1. The number of rotatable bonds is 7. The van der Waals surface area contributed by atoms with Crippen molar-refractivity contribution < 1.29 is 9.50 Å². The molecule has 3 N–H and O–H groups in total. The van der Waals surface area contributed by atoms with Gasteiger partial charge in [0.05, 0.1) is 13.2 Å². The van der Waals surface area contributed by atoms with E-state index >= 15 is 0 Å². The van der Waals surface area contributed by atoms with Gasteiger partial charge in [-0.25, -0.2) is 4.39 Å². The molecular formula is C18H27ClFN3O. The van der Waals surface area contributed by atoms with Gasteiger partial charge in [-0.15, -0.1) is 0 Å². The van der Waals surface area contributed by atoms with E-state index in [1.54, 1.807) is 6.07 Å². The van der Waals surface area contributed by atoms with E-state index in [1.165, 1.54) is 12.1 Å². The molecule has 4 nitrogen and oxygen atoms in total. The molecule has 0 unspecified atom stereocenters. The van der Waals surface area contributed by atoms with E-state index in [-0.39, 0.29) is 23.3 Å². The van der Waals surface area contributed by atoms with Crippen LogP contribution in [-0.4, -0.2) is 37.3 Å². The first-order chi connectivity index (χ1) is 11.3. The van der Waals surface area contributed by atoms with Crippen LogP contribution in [0.3, 0.4) is 0 Å². The van der Waals surface area contributed by atoms with Gasteiger partial charge >= 0.3 is 0 Å². The lowest BCUT2D eigenvalue weighted by atomic mass is 9.84. The van der Waals surface area contributed by atoms with E-state index in [0.29, 0.717) is 18.1 Å². The Morgan fingerprint density at radius 2 is 2.08 bits per heavy atom. The molecule has 24 heavy (non-hydrogen) atoms. The van der Waals surface area contributed by atoms with Crippen molar-refractivity contribution in [3.63, 3.8) is 0 Å². The van der Waals surface area contributed by atoms with E-state index in [2.05, 4.69) is 15.6 Å². The normalized spacial score (nSPS) is 16.8. The second kappa shape index (κ2) is 7.70. The van der Waals surface area contributed by atoms with E-state index < -0.39 is 0 Å². The number of guanidine groups is 1. The highest BCUT2D eigenvalue weighted by molar-refractivity contribution is 6.31. The third-order valence-electron chi connectivity index (χ3n) is 4.56. The highest BCUT2D eigenvalue weighted by Gasteiger charge is 2.41. The summed E-state index contributed by atoms with van der Waals surface area (Å²) in [6.45, 7) is 8.28. The molecule has 0 aliphatic heterocycles. The van der Waals surface area contributed by atoms with Crippen molar-refractivity contribution in [2.45, 2.75) is 39.0 Å². The molecular weight excluding hydrogens is 329 g/mol. The van der Waals surface area contributed by atoms with Crippen molar-refractivity contribution in [2.75, 3.05) is 26.2 Å². The fourth-order valence-corrected chi connectivity index (χ4v) is 3.00. The molecule has 1 saturated carbocycles. The number of halogens is 2. The molecule has 0 heterocycles. The van der Waals surface area contributed by atoms with E-state index in [0.717, 1.165) is 30.9 Å². The Labute approximate surface area is 148 Å². The minimum Gasteiger partial charge on any atom is -0.396 e. The molecule has 1 aromatic carbocycles. The Morgan fingerprint density at radius 3 is 2.62 bits per heavy atom. The Morgan fingerprint density at radius 1 is 1.38 bits per heavy atom. The van der Waals surface area contributed by atoms with Crippen LogP contribution in [0.4, 0.5) is 4.39 Å². The van der Waals surface area contributed by atoms with Gasteiger partial charge < -0.3 is 15.7 Å². The van der Waals surface area contributed by atoms with Gasteiger partial charge in [0.15, 0.2) is 5.96 Å². The molecule has 6 heteroatoms. The molecule has 1 fully saturated rings. The summed E-state index contributed by atoms with van der Waals surface area (Å²) in [6.07, 6.45) is 2.10. The molecule has 0 bridgehead atoms. The summed E-state index contributed by atoms with van der Waals surface area (Å²) >= 11 is 6.19. The fourth-order valence-electron chi connectivity index (χ4n) is 2.58. The van der Waals surface area contributed by atoms with Crippen molar-refractivity contribution in [3.8, 4) is 0 Å². The molecule has 0 spiro atoms. The number of aliphatic hydroxyl groups excluding tert-OH is 1. The summed E-state index contributed by atoms with van der Waals surface area (Å²) in [7, 11) is 0. The quantitative estimate of drug-likeness (QED) is 0.520. The summed E-state index contributed by atoms with van der Waals surface area (Å²) in [5.41, 5.74) is 0.576. The van der Waals surface area contributed by atoms with Crippen LogP contribution in [0.25, 0.3) is 0 Å². The first-order valence-corrected chi connectivity index (χ1v) is 8.78. The van der Waals surface area contributed by atoms with Crippen LogP contribution < -0.4 is 10.6 Å². The number of nitrogens with zero attached hydrogens (tertiary/aromatic N) is 1. The highest BCUT2D eigenvalue weighted by atomic mass is 35.5. The first kappa shape index (κ1) is 19.0. The second-order valence-electron chi connectivity index (χ2n) is 7.21. The molecule has 1 aromatic rings. The predicted molar refractivity (Wildman–Crippen MR) is 97.2 cm³/mol. The fraction of sp³-hybridized carbons (Fsp3) is 0.611. The van der Waals surface area contributed by atoms with Gasteiger partial charge in [-0.1, -0.05) is 31.5 Å². The second-order valence-corrected chi connectivity index (χ2v) is 7.62. The van der Waals surface area contributed by atoms with Gasteiger partial charge in [0.1, 0.15) is 5.82 Å². The smallest absolute Gasteiger partial charge is 0.191 e. The summed E-state index contributed by atoms with van der Waals surface area (Å²) in [5.74, 6) is 0.389. The van der Waals surface area contributed by atoms with Gasteiger partial charge in [-0.3, -0.25) is 4.99 Å². The SMILES string of the molecule is CCNC(=NCC(C)(C)c1ccc(F)cc1Cl)NCC1(CO)CC1. The van der Waals surface area contributed by atoms with Crippen molar-refractivity contribution in [2.24, 2.45) is 10.4 Å². The summed E-state index contributed by atoms with van der Waals surface area (Å²) in [4.78, 5) is 4.65. The Bertz CT molecular complexity index is 600. The molecule has 1 aliphatic carbocycles. The Kier molecular flexibility index (Phi) is 6.10. The maximum absolute atomic E-state index is 13.2. The van der Waals surface area contributed by atoms with E-state index in [4.69, 9.17) is 11.6 Å². The van der Waals surface area contributed by atoms with Crippen molar-refractivity contribution >= 4 is 17.6 Å². The maximum Gasteiger partial charge on any atom is 0.191 e. The Balaban J connectivity index is 2.05. The lowest BCUT2D eigenvalue weighted by Crippen LogP contribution is -2.41. The Hall–Kier alpha value is -1.33. The number of hydrogen-bond donors (Lipinski definition) is 3. The van der Waals surface area contributed by atoms with Gasteiger partial charge in [-0.05, 0) is 37.5 Å². The van der Waals surface area contributed by atoms with Gasteiger partial charge in [0, 0.05) is 28.9 Å². The average Bonchev–Trinajstić information content (AvgIpc) is 3.30. The van der Waals surface area contributed by atoms with Crippen LogP contribution in [0, 0.1) is 11.2 Å². The standard InChI is InChI=1S/C18H27ClFN3O/c1-4-21-16(23-11-18(12-24)7-8-18)22-10-17(2,3)14-6-5-13(20)9-15(14)19/h5-6,9,24H,4,7-8,10-12H2,1-3H3,(H2,21,22,23). The van der Waals surface area contributed by atoms with Gasteiger partial charge in [-0.2, -0.15) is 0 Å². The number of aliphatic imine (C=N–C) groups is 1. The number of nitrogens with one attached hydrogen (secondary N) is 2. The topological polar surface area (TPSA) is 56.7 Å². The van der Waals surface area contributed by atoms with Crippen molar-refractivity contribution in [3.05, 3.63) is 34.6 Å². The third kappa shape index (κ3) is 4.84. The molecule has 134 valence electrons. The van der Waals surface area contributed by atoms with Crippen LogP contribution in [0.5, 0.6) is 0 Å². The van der Waals surface area contributed by atoms with Crippen LogP contribution in [0.1, 0.15) is 39.2 Å². The summed E-state index contributed by atoms with van der Waals surface area (Å²) < 4.78 is 13.2. The molecule has 0 atom stereocenters. The van der Waals surface area contributed by atoms with Crippen molar-refractivity contribution in [1.82, 2.24) is 10.6 Å². The monoisotopic (exact) mass is 355 g/mol. The molecule has 0 amide bonds. The molecule has 0 radical (unpaired) electrons. The highest BCUT2D eigenvalue weighted by Crippen LogP contribution is 2.44. The lowest BCUT2D eigenvalue weighted by Gasteiger charge is -2.25. The first-order valence-electron chi connectivity index (χ1n) is 8.40. The summed E-state index contributed by atoms with van der Waals surface area (Å²) in [5, 5.41) is 16.4. The van der Waals surface area contributed by atoms with Crippen LogP contribution in [0.15, 0.2) is 23.2 Å². The minimum atomic E-state index is -0.336. The van der Waals surface area contributed by atoms with Crippen LogP contribution >= 0.6 is 11.6 Å². The number of benzene rings is 1. The minimum absolute atomic E-state index is 0.0198. The van der Waals surface area contributed by atoms with Crippen molar-refractivity contribution in [1.29, 1.82) is 0 Å². The lowest BCUT2D eigenvalue weighted by molar-refractivity contribution is 0.212. The van der Waals surface area contributed by atoms with Gasteiger partial charge in [0.25, 0.3) is 0 Å².